The Bertz CT molecular complexity index is 1340. The van der Waals surface area contributed by atoms with E-state index in [2.05, 4.69) is 29.5 Å². The summed E-state index contributed by atoms with van der Waals surface area (Å²) in [4.78, 5) is 35.7. The van der Waals surface area contributed by atoms with Crippen LogP contribution in [0.1, 0.15) is 194 Å². The molecule has 4 N–H and O–H groups in total. The standard InChI is InChI=1S/C42H75N4O9P/c1-3-5-7-9-11-13-15-17-19-21-23-25-27-29-39(47)51-33-36(54-40(48)30-28-26-24-22-20-18-16-14-12-10-8-6-4-2)34-52-56(49,50)53-35-44-38-32-31-37(43)41-42(38)46-55-45-41/h31-32,36,44H,3-30,33-35,43H2,1-2H3,(H,49,50)/t36-/m1/s1. The number of esters is 2. The number of hydrogen-bond acceptors (Lipinski definition) is 12. The third-order valence-corrected chi connectivity index (χ3v) is 11.0. The van der Waals surface area contributed by atoms with Crippen LogP contribution in [-0.4, -0.2) is 53.2 Å². The molecule has 2 rings (SSSR count). The second kappa shape index (κ2) is 32.3. The van der Waals surface area contributed by atoms with Gasteiger partial charge in [0, 0.05) is 12.8 Å². The molecule has 1 unspecified atom stereocenters. The van der Waals surface area contributed by atoms with Crippen LogP contribution >= 0.6 is 7.82 Å². The zero-order chi connectivity index (χ0) is 40.5. The molecule has 1 heterocycles. The van der Waals surface area contributed by atoms with Gasteiger partial charge in [0.05, 0.1) is 18.0 Å². The maximum atomic E-state index is 12.8. The molecule has 0 bridgehead atoms. The Kier molecular flexibility index (Phi) is 28.5. The molecule has 322 valence electrons. The van der Waals surface area contributed by atoms with Gasteiger partial charge in [0.25, 0.3) is 0 Å². The Morgan fingerprint density at radius 2 is 1.11 bits per heavy atom. The number of carbonyl (C=O) groups is 2. The zero-order valence-electron chi connectivity index (χ0n) is 34.8. The Morgan fingerprint density at radius 3 is 1.61 bits per heavy atom. The van der Waals surface area contributed by atoms with Crippen molar-refractivity contribution in [1.82, 2.24) is 10.3 Å². The van der Waals surface area contributed by atoms with Crippen molar-refractivity contribution in [3.8, 4) is 0 Å². The number of ether oxygens (including phenoxy) is 2. The molecule has 0 spiro atoms. The summed E-state index contributed by atoms with van der Waals surface area (Å²) in [5.41, 5.74) is 7.33. The number of phosphoric ester groups is 1. The fourth-order valence-corrected chi connectivity index (χ4v) is 7.28. The van der Waals surface area contributed by atoms with Gasteiger partial charge in [-0.25, -0.2) is 9.19 Å². The van der Waals surface area contributed by atoms with Crippen LogP contribution in [0.5, 0.6) is 0 Å². The van der Waals surface area contributed by atoms with Gasteiger partial charge in [0.15, 0.2) is 17.1 Å². The van der Waals surface area contributed by atoms with Crippen molar-refractivity contribution in [2.75, 3.05) is 31.0 Å². The molecule has 56 heavy (non-hydrogen) atoms. The first-order chi connectivity index (χ1) is 27.3. The van der Waals surface area contributed by atoms with Crippen LogP contribution in [-0.2, 0) is 32.7 Å². The summed E-state index contributed by atoms with van der Waals surface area (Å²) in [5, 5.41) is 10.4. The molecule has 0 radical (unpaired) electrons. The number of nitrogens with one attached hydrogen (secondary N) is 1. The molecule has 0 aliphatic rings. The molecule has 13 nitrogen and oxygen atoms in total. The van der Waals surface area contributed by atoms with Gasteiger partial charge in [0.1, 0.15) is 13.3 Å². The topological polar surface area (TPSA) is 185 Å². The number of nitrogen functional groups attached to an aromatic ring is 1. The molecule has 2 aromatic rings. The van der Waals surface area contributed by atoms with E-state index < -0.39 is 39.2 Å². The second-order valence-corrected chi connectivity index (χ2v) is 16.6. The number of rotatable bonds is 38. The lowest BCUT2D eigenvalue weighted by Gasteiger charge is -2.20. The van der Waals surface area contributed by atoms with Crippen LogP contribution in [0.25, 0.3) is 11.0 Å². The van der Waals surface area contributed by atoms with Gasteiger partial charge in [-0.3, -0.25) is 18.6 Å². The highest BCUT2D eigenvalue weighted by Crippen LogP contribution is 2.43. The van der Waals surface area contributed by atoms with Crippen molar-refractivity contribution < 1.29 is 42.2 Å². The molecular weight excluding hydrogens is 735 g/mol. The summed E-state index contributed by atoms with van der Waals surface area (Å²) in [6.07, 6.45) is 30.6. The molecule has 0 aliphatic heterocycles. The average molecular weight is 811 g/mol. The fraction of sp³-hybridized carbons (Fsp3) is 0.810. The number of unbranched alkanes of at least 4 members (excludes halogenated alkanes) is 24. The maximum Gasteiger partial charge on any atom is 0.474 e. The fourth-order valence-electron chi connectivity index (χ4n) is 6.63. The number of anilines is 2. The number of nitrogens with zero attached hydrogens (tertiary/aromatic N) is 2. The van der Waals surface area contributed by atoms with Gasteiger partial charge in [-0.05, 0) is 35.3 Å². The zero-order valence-corrected chi connectivity index (χ0v) is 35.7. The van der Waals surface area contributed by atoms with Crippen LogP contribution < -0.4 is 11.1 Å². The largest absolute Gasteiger partial charge is 0.474 e. The minimum atomic E-state index is -4.60. The monoisotopic (exact) mass is 811 g/mol. The Balaban J connectivity index is 1.70. The number of nitrogens with two attached hydrogens (primary N) is 1. The summed E-state index contributed by atoms with van der Waals surface area (Å²) in [6.45, 7) is 3.28. The predicted octanol–water partition coefficient (Wildman–Crippen LogP) is 11.7. The van der Waals surface area contributed by atoms with E-state index >= 15 is 0 Å². The van der Waals surface area contributed by atoms with Gasteiger partial charge < -0.3 is 25.4 Å². The van der Waals surface area contributed by atoms with E-state index in [9.17, 15) is 19.0 Å². The third kappa shape index (κ3) is 24.8. The van der Waals surface area contributed by atoms with Crippen LogP contribution in [0, 0.1) is 0 Å². The van der Waals surface area contributed by atoms with Gasteiger partial charge in [-0.2, -0.15) is 0 Å². The van der Waals surface area contributed by atoms with Crippen molar-refractivity contribution in [3.05, 3.63) is 12.1 Å². The van der Waals surface area contributed by atoms with Crippen LogP contribution in [0.3, 0.4) is 0 Å². The number of fused-ring (bicyclic) bond motifs is 1. The van der Waals surface area contributed by atoms with Gasteiger partial charge in [-0.15, -0.1) is 0 Å². The van der Waals surface area contributed by atoms with Gasteiger partial charge in [-0.1, -0.05) is 168 Å². The lowest BCUT2D eigenvalue weighted by molar-refractivity contribution is -0.161. The Labute approximate surface area is 336 Å². The summed E-state index contributed by atoms with van der Waals surface area (Å²) in [6, 6.07) is 3.19. The SMILES string of the molecule is CCCCCCCCCCCCCCCC(=O)OC[C@H](COP(=O)(O)OCNc1ccc(N)c2nonc12)OC(=O)CCCCCCCCCCCCCCC. The second-order valence-electron chi connectivity index (χ2n) is 15.2. The highest BCUT2D eigenvalue weighted by atomic mass is 31.2. The van der Waals surface area contributed by atoms with E-state index in [0.717, 1.165) is 32.1 Å². The summed E-state index contributed by atoms with van der Waals surface area (Å²) < 4.78 is 38.7. The normalized spacial score (nSPS) is 13.1. The maximum absolute atomic E-state index is 12.8. The lowest BCUT2D eigenvalue weighted by atomic mass is 10.0. The highest BCUT2D eigenvalue weighted by molar-refractivity contribution is 7.47. The van der Waals surface area contributed by atoms with E-state index in [1.807, 2.05) is 0 Å². The molecule has 1 aromatic carbocycles. The first-order valence-electron chi connectivity index (χ1n) is 22.0. The third-order valence-electron chi connectivity index (χ3n) is 10.1. The van der Waals surface area contributed by atoms with E-state index in [-0.39, 0.29) is 19.4 Å². The number of phosphoric acid groups is 1. The predicted molar refractivity (Wildman–Crippen MR) is 223 cm³/mol. The molecule has 1 aromatic heterocycles. The average Bonchev–Trinajstić information content (AvgIpc) is 3.69. The Hall–Kier alpha value is -2.73. The lowest BCUT2D eigenvalue weighted by Crippen LogP contribution is -2.29. The molecule has 0 fully saturated rings. The van der Waals surface area contributed by atoms with Gasteiger partial charge in [0.2, 0.25) is 0 Å². The molecule has 2 atom stereocenters. The number of aromatic nitrogens is 2. The summed E-state index contributed by atoms with van der Waals surface area (Å²) in [5.74, 6) is -0.881. The van der Waals surface area contributed by atoms with Gasteiger partial charge >= 0.3 is 19.8 Å². The smallest absolute Gasteiger partial charge is 0.462 e. The number of carbonyl (C=O) groups excluding carboxylic acids is 2. The number of benzene rings is 1. The van der Waals surface area contributed by atoms with E-state index in [1.54, 1.807) is 12.1 Å². The molecule has 14 heteroatoms. The van der Waals surface area contributed by atoms with Crippen molar-refractivity contribution in [1.29, 1.82) is 0 Å². The summed E-state index contributed by atoms with van der Waals surface area (Å²) >= 11 is 0. The molecule has 0 saturated carbocycles. The Morgan fingerprint density at radius 1 is 0.661 bits per heavy atom. The van der Waals surface area contributed by atoms with Crippen molar-refractivity contribution in [3.63, 3.8) is 0 Å². The van der Waals surface area contributed by atoms with E-state index in [4.69, 9.17) is 28.9 Å². The molecule has 0 saturated heterocycles. The summed E-state index contributed by atoms with van der Waals surface area (Å²) in [7, 11) is -4.60. The molecule has 0 amide bonds. The van der Waals surface area contributed by atoms with Crippen molar-refractivity contribution in [2.45, 2.75) is 200 Å². The van der Waals surface area contributed by atoms with Crippen LogP contribution in [0.4, 0.5) is 11.4 Å². The van der Waals surface area contributed by atoms with Crippen molar-refractivity contribution in [2.24, 2.45) is 0 Å². The van der Waals surface area contributed by atoms with E-state index in [0.29, 0.717) is 35.2 Å². The highest BCUT2D eigenvalue weighted by Gasteiger charge is 2.26. The van der Waals surface area contributed by atoms with E-state index in [1.165, 1.54) is 122 Å². The first-order valence-corrected chi connectivity index (χ1v) is 23.5. The quantitative estimate of drug-likeness (QED) is 0.0191. The van der Waals surface area contributed by atoms with Crippen LogP contribution in [0.2, 0.25) is 0 Å². The van der Waals surface area contributed by atoms with Crippen LogP contribution in [0.15, 0.2) is 16.8 Å². The number of hydrogen-bond donors (Lipinski definition) is 3. The minimum absolute atomic E-state index is 0.200. The molecular formula is C42H75N4O9P. The molecule has 0 aliphatic carbocycles. The minimum Gasteiger partial charge on any atom is -0.462 e. The van der Waals surface area contributed by atoms with Crippen molar-refractivity contribution >= 4 is 42.2 Å². The first kappa shape index (κ1) is 49.4.